The Bertz CT molecular complexity index is 837. The van der Waals surface area contributed by atoms with Gasteiger partial charge in [0.1, 0.15) is 5.75 Å². The van der Waals surface area contributed by atoms with E-state index in [1.807, 2.05) is 0 Å². The average molecular weight is 416 g/mol. The number of carbonyl (C=O) groups is 2. The molecule has 0 aliphatic heterocycles. The first-order valence-electron chi connectivity index (χ1n) is 9.21. The van der Waals surface area contributed by atoms with Crippen LogP contribution in [0, 0.1) is 0 Å². The van der Waals surface area contributed by atoms with Gasteiger partial charge in [-0.2, -0.15) is 0 Å². The molecule has 1 atom stereocenters. The summed E-state index contributed by atoms with van der Waals surface area (Å²) in [6.45, 7) is 5.79. The largest absolute Gasteiger partial charge is 0.479 e. The van der Waals surface area contributed by atoms with Crippen LogP contribution in [0.25, 0.3) is 0 Å². The van der Waals surface area contributed by atoms with Crippen LogP contribution in [-0.4, -0.2) is 36.4 Å². The fraction of sp³-hybridized carbons (Fsp3) is 0.286. The maximum Gasteiger partial charge on any atom is 0.347 e. The van der Waals surface area contributed by atoms with Crippen molar-refractivity contribution >= 4 is 40.6 Å². The molecule has 0 saturated heterocycles. The van der Waals surface area contributed by atoms with E-state index in [1.54, 1.807) is 69.3 Å². The molecule has 0 amide bonds. The number of rotatable bonds is 8. The highest BCUT2D eigenvalue weighted by molar-refractivity contribution is 7.80. The molecule has 0 aliphatic rings. The third-order valence-corrected chi connectivity index (χ3v) is 3.90. The number of esters is 2. The lowest BCUT2D eigenvalue weighted by Crippen LogP contribution is -2.26. The van der Waals surface area contributed by atoms with Gasteiger partial charge in [0.25, 0.3) is 0 Å². The Hall–Kier alpha value is -3.13. The van der Waals surface area contributed by atoms with Gasteiger partial charge < -0.3 is 24.8 Å². The third kappa shape index (κ3) is 7.08. The van der Waals surface area contributed by atoms with Crippen LogP contribution in [0.15, 0.2) is 48.5 Å². The van der Waals surface area contributed by atoms with Crippen LogP contribution in [0.5, 0.6) is 5.75 Å². The number of hydrogen-bond donors (Lipinski definition) is 2. The van der Waals surface area contributed by atoms with Crippen LogP contribution in [0.2, 0.25) is 0 Å². The summed E-state index contributed by atoms with van der Waals surface area (Å²) in [7, 11) is 0. The molecule has 0 aliphatic carbocycles. The standard InChI is InChI=1S/C21H24N2O5S/c1-4-26-19(24)14(3)28-18-12-10-17(11-13-18)23-21(29)22-16-8-6-15(7-9-16)20(25)27-5-2/h6-14H,4-5H2,1-3H3,(H2,22,23,29)/t14-/m1/s1. The van der Waals surface area contributed by atoms with Crippen molar-refractivity contribution in [2.45, 2.75) is 26.9 Å². The van der Waals surface area contributed by atoms with Crippen LogP contribution < -0.4 is 15.4 Å². The fourth-order valence-electron chi connectivity index (χ4n) is 2.33. The van der Waals surface area contributed by atoms with Crippen LogP contribution in [0.3, 0.4) is 0 Å². The van der Waals surface area contributed by atoms with Gasteiger partial charge >= 0.3 is 11.9 Å². The lowest BCUT2D eigenvalue weighted by Gasteiger charge is -2.14. The normalized spacial score (nSPS) is 11.1. The topological polar surface area (TPSA) is 85.9 Å². The molecule has 0 heterocycles. The Morgan fingerprint density at radius 3 is 1.93 bits per heavy atom. The minimum absolute atomic E-state index is 0.311. The molecule has 29 heavy (non-hydrogen) atoms. The maximum atomic E-state index is 11.7. The fourth-order valence-corrected chi connectivity index (χ4v) is 2.56. The van der Waals surface area contributed by atoms with E-state index in [0.717, 1.165) is 11.4 Å². The van der Waals surface area contributed by atoms with Crippen molar-refractivity contribution in [1.82, 2.24) is 0 Å². The number of ether oxygens (including phenoxy) is 3. The molecule has 7 nitrogen and oxygen atoms in total. The van der Waals surface area contributed by atoms with Crippen molar-refractivity contribution in [3.05, 3.63) is 54.1 Å². The Morgan fingerprint density at radius 1 is 0.897 bits per heavy atom. The van der Waals surface area contributed by atoms with Crippen LogP contribution in [-0.2, 0) is 14.3 Å². The summed E-state index contributed by atoms with van der Waals surface area (Å²) in [5.41, 5.74) is 1.96. The molecule has 2 rings (SSSR count). The average Bonchev–Trinajstić information content (AvgIpc) is 2.70. The maximum absolute atomic E-state index is 11.7. The van der Waals surface area contributed by atoms with Crippen molar-refractivity contribution < 1.29 is 23.8 Å². The molecule has 2 aromatic carbocycles. The molecule has 8 heteroatoms. The predicted octanol–water partition coefficient (Wildman–Crippen LogP) is 4.00. The molecule has 0 spiro atoms. The van der Waals surface area contributed by atoms with Crippen molar-refractivity contribution in [3.8, 4) is 5.75 Å². The van der Waals surface area contributed by atoms with Crippen molar-refractivity contribution in [1.29, 1.82) is 0 Å². The van der Waals surface area contributed by atoms with Gasteiger partial charge in [0, 0.05) is 11.4 Å². The number of carbonyl (C=O) groups excluding carboxylic acids is 2. The van der Waals surface area contributed by atoms with Gasteiger partial charge in [0.15, 0.2) is 11.2 Å². The van der Waals surface area contributed by atoms with Crippen LogP contribution in [0.1, 0.15) is 31.1 Å². The number of anilines is 2. The van der Waals surface area contributed by atoms with Gasteiger partial charge in [-0.3, -0.25) is 0 Å². The number of benzene rings is 2. The number of nitrogens with one attached hydrogen (secondary N) is 2. The second-order valence-corrected chi connectivity index (χ2v) is 6.32. The van der Waals surface area contributed by atoms with Gasteiger partial charge in [-0.05, 0) is 81.5 Å². The van der Waals surface area contributed by atoms with Gasteiger partial charge in [-0.15, -0.1) is 0 Å². The second-order valence-electron chi connectivity index (χ2n) is 5.91. The molecule has 0 bridgehead atoms. The molecule has 2 aromatic rings. The zero-order valence-electron chi connectivity index (χ0n) is 16.6. The molecule has 0 radical (unpaired) electrons. The second kappa shape index (κ2) is 11.0. The molecule has 0 aromatic heterocycles. The summed E-state index contributed by atoms with van der Waals surface area (Å²) >= 11 is 5.30. The summed E-state index contributed by atoms with van der Waals surface area (Å²) in [5, 5.41) is 6.48. The molecular weight excluding hydrogens is 392 g/mol. The molecule has 2 N–H and O–H groups in total. The lowest BCUT2D eigenvalue weighted by atomic mass is 10.2. The summed E-state index contributed by atoms with van der Waals surface area (Å²) in [6.07, 6.45) is -0.686. The van der Waals surface area contributed by atoms with Crippen molar-refractivity contribution in [3.63, 3.8) is 0 Å². The van der Waals surface area contributed by atoms with E-state index in [2.05, 4.69) is 10.6 Å². The van der Waals surface area contributed by atoms with E-state index in [4.69, 9.17) is 26.4 Å². The summed E-state index contributed by atoms with van der Waals surface area (Å²) in [6, 6.07) is 13.8. The highest BCUT2D eigenvalue weighted by Gasteiger charge is 2.15. The van der Waals surface area contributed by atoms with Crippen LogP contribution in [0.4, 0.5) is 11.4 Å². The van der Waals surface area contributed by atoms with E-state index in [9.17, 15) is 9.59 Å². The van der Waals surface area contributed by atoms with E-state index < -0.39 is 12.1 Å². The smallest absolute Gasteiger partial charge is 0.347 e. The van der Waals surface area contributed by atoms with E-state index in [1.165, 1.54) is 0 Å². The highest BCUT2D eigenvalue weighted by Crippen LogP contribution is 2.18. The summed E-state index contributed by atoms with van der Waals surface area (Å²) < 4.78 is 15.4. The van der Waals surface area contributed by atoms with Gasteiger partial charge in [-0.25, -0.2) is 9.59 Å². The van der Waals surface area contributed by atoms with Gasteiger partial charge in [-0.1, -0.05) is 0 Å². The first-order valence-corrected chi connectivity index (χ1v) is 9.62. The minimum atomic E-state index is -0.686. The Balaban J connectivity index is 1.87. The monoisotopic (exact) mass is 416 g/mol. The molecular formula is C21H24N2O5S. The Kier molecular flexibility index (Phi) is 8.42. The van der Waals surface area contributed by atoms with E-state index in [-0.39, 0.29) is 5.97 Å². The Morgan fingerprint density at radius 2 is 1.41 bits per heavy atom. The van der Waals surface area contributed by atoms with Gasteiger partial charge in [0.2, 0.25) is 0 Å². The van der Waals surface area contributed by atoms with E-state index >= 15 is 0 Å². The minimum Gasteiger partial charge on any atom is -0.479 e. The lowest BCUT2D eigenvalue weighted by molar-refractivity contribution is -0.150. The van der Waals surface area contributed by atoms with E-state index in [0.29, 0.717) is 29.6 Å². The quantitative estimate of drug-likeness (QED) is 0.493. The Labute approximate surface area is 175 Å². The molecule has 0 fully saturated rings. The summed E-state index contributed by atoms with van der Waals surface area (Å²) in [5.74, 6) is -0.224. The van der Waals surface area contributed by atoms with Crippen molar-refractivity contribution in [2.75, 3.05) is 23.8 Å². The molecule has 0 saturated carbocycles. The first kappa shape index (κ1) is 22.2. The van der Waals surface area contributed by atoms with Crippen molar-refractivity contribution in [2.24, 2.45) is 0 Å². The predicted molar refractivity (Wildman–Crippen MR) is 115 cm³/mol. The zero-order chi connectivity index (χ0) is 21.2. The zero-order valence-corrected chi connectivity index (χ0v) is 17.4. The number of thiocarbonyl (C=S) groups is 1. The third-order valence-electron chi connectivity index (χ3n) is 3.70. The SMILES string of the molecule is CCOC(=O)c1ccc(NC(=S)Nc2ccc(O[C@H](C)C(=O)OCC)cc2)cc1. The number of hydrogen-bond acceptors (Lipinski definition) is 6. The summed E-state index contributed by atoms with van der Waals surface area (Å²) in [4.78, 5) is 23.3. The van der Waals surface area contributed by atoms with Gasteiger partial charge in [0.05, 0.1) is 18.8 Å². The molecule has 154 valence electrons. The highest BCUT2D eigenvalue weighted by atomic mass is 32.1. The van der Waals surface area contributed by atoms with Crippen LogP contribution >= 0.6 is 12.2 Å². The first-order chi connectivity index (χ1) is 13.9. The molecule has 0 unspecified atom stereocenters.